The Balaban J connectivity index is 1.75. The number of hydrogen-bond acceptors (Lipinski definition) is 5. The average molecular weight is 329 g/mol. The lowest BCUT2D eigenvalue weighted by atomic mass is 9.80. The van der Waals surface area contributed by atoms with Gasteiger partial charge in [-0.25, -0.2) is 0 Å². The number of carboxylic acid groups (broad SMARTS) is 1. The van der Waals surface area contributed by atoms with Gasteiger partial charge >= 0.3 is 5.97 Å². The molecule has 7 nitrogen and oxygen atoms in total. The van der Waals surface area contributed by atoms with E-state index in [1.54, 1.807) is 4.90 Å². The van der Waals surface area contributed by atoms with Gasteiger partial charge in [-0.05, 0) is 25.7 Å². The van der Waals surface area contributed by atoms with Crippen molar-refractivity contribution < 1.29 is 28.9 Å². The SMILES string of the molecule is COCC1(C(=O)O)CCCN(C(=O)CCOCC2CCCO2)C1. The minimum Gasteiger partial charge on any atom is -0.481 e. The van der Waals surface area contributed by atoms with Crippen LogP contribution in [-0.4, -0.2) is 74.6 Å². The molecule has 0 aliphatic carbocycles. The number of rotatable bonds is 8. The number of carboxylic acids is 1. The van der Waals surface area contributed by atoms with Crippen LogP contribution in [0, 0.1) is 5.41 Å². The summed E-state index contributed by atoms with van der Waals surface area (Å²) < 4.78 is 16.0. The number of carbonyl (C=O) groups excluding carboxylic acids is 1. The maximum atomic E-state index is 12.3. The van der Waals surface area contributed by atoms with Gasteiger partial charge in [-0.2, -0.15) is 0 Å². The Hall–Kier alpha value is -1.18. The zero-order valence-electron chi connectivity index (χ0n) is 13.8. The molecule has 0 aromatic carbocycles. The molecule has 0 radical (unpaired) electrons. The van der Waals surface area contributed by atoms with E-state index in [1.165, 1.54) is 7.11 Å². The van der Waals surface area contributed by atoms with Crippen LogP contribution in [-0.2, 0) is 23.8 Å². The van der Waals surface area contributed by atoms with E-state index in [9.17, 15) is 14.7 Å². The Kier molecular flexibility index (Phi) is 6.80. The molecule has 0 aromatic heterocycles. The summed E-state index contributed by atoms with van der Waals surface area (Å²) >= 11 is 0. The van der Waals surface area contributed by atoms with Crippen molar-refractivity contribution in [3.05, 3.63) is 0 Å². The molecule has 1 amide bonds. The first-order chi connectivity index (χ1) is 11.1. The standard InChI is InChI=1S/C16H27NO6/c1-21-12-16(15(19)20)6-3-7-17(11-16)14(18)5-9-22-10-13-4-2-8-23-13/h13H,2-12H2,1H3,(H,19,20). The number of likely N-dealkylation sites (tertiary alicyclic amines) is 1. The predicted molar refractivity (Wildman–Crippen MR) is 82.2 cm³/mol. The molecule has 0 saturated carbocycles. The molecule has 2 atom stereocenters. The number of methoxy groups -OCH3 is 1. The van der Waals surface area contributed by atoms with E-state index in [-0.39, 0.29) is 31.6 Å². The van der Waals surface area contributed by atoms with Crippen molar-refractivity contribution in [2.24, 2.45) is 5.41 Å². The summed E-state index contributed by atoms with van der Waals surface area (Å²) in [5.41, 5.74) is -0.985. The number of ether oxygens (including phenoxy) is 3. The smallest absolute Gasteiger partial charge is 0.313 e. The number of carbonyl (C=O) groups is 2. The maximum Gasteiger partial charge on any atom is 0.313 e. The van der Waals surface area contributed by atoms with E-state index < -0.39 is 11.4 Å². The van der Waals surface area contributed by atoms with Gasteiger partial charge in [-0.1, -0.05) is 0 Å². The Labute approximate surface area is 136 Å². The molecule has 2 saturated heterocycles. The van der Waals surface area contributed by atoms with E-state index in [2.05, 4.69) is 0 Å². The first-order valence-electron chi connectivity index (χ1n) is 8.27. The summed E-state index contributed by atoms with van der Waals surface area (Å²) in [6, 6.07) is 0. The quantitative estimate of drug-likeness (QED) is 0.666. The van der Waals surface area contributed by atoms with Gasteiger partial charge in [0.1, 0.15) is 5.41 Å². The highest BCUT2D eigenvalue weighted by Crippen LogP contribution is 2.31. The molecular weight excluding hydrogens is 302 g/mol. The number of piperidine rings is 1. The second kappa shape index (κ2) is 8.61. The lowest BCUT2D eigenvalue weighted by Crippen LogP contribution is -2.52. The summed E-state index contributed by atoms with van der Waals surface area (Å²) in [4.78, 5) is 25.5. The molecule has 2 aliphatic heterocycles. The number of aliphatic carboxylic acids is 1. The summed E-state index contributed by atoms with van der Waals surface area (Å²) in [6.45, 7) is 2.60. The summed E-state index contributed by atoms with van der Waals surface area (Å²) in [7, 11) is 1.49. The monoisotopic (exact) mass is 329 g/mol. The van der Waals surface area contributed by atoms with Crippen molar-refractivity contribution in [1.82, 2.24) is 4.90 Å². The van der Waals surface area contributed by atoms with E-state index in [0.717, 1.165) is 19.4 Å². The van der Waals surface area contributed by atoms with Gasteiger partial charge in [0.05, 0.1) is 32.3 Å². The van der Waals surface area contributed by atoms with Crippen molar-refractivity contribution in [2.75, 3.05) is 46.6 Å². The molecular formula is C16H27NO6. The highest BCUT2D eigenvalue weighted by molar-refractivity contribution is 5.80. The minimum atomic E-state index is -0.985. The lowest BCUT2D eigenvalue weighted by Gasteiger charge is -2.39. The molecule has 2 rings (SSSR count). The topological polar surface area (TPSA) is 85.3 Å². The van der Waals surface area contributed by atoms with E-state index in [4.69, 9.17) is 14.2 Å². The first-order valence-corrected chi connectivity index (χ1v) is 8.27. The molecule has 2 aliphatic rings. The van der Waals surface area contributed by atoms with Crippen molar-refractivity contribution in [3.63, 3.8) is 0 Å². The Morgan fingerprint density at radius 3 is 2.87 bits per heavy atom. The predicted octanol–water partition coefficient (Wildman–Crippen LogP) is 0.912. The second-order valence-electron chi connectivity index (χ2n) is 6.40. The van der Waals surface area contributed by atoms with Gasteiger partial charge < -0.3 is 24.2 Å². The summed E-state index contributed by atoms with van der Waals surface area (Å²) in [5.74, 6) is -0.953. The average Bonchev–Trinajstić information content (AvgIpc) is 3.05. The largest absolute Gasteiger partial charge is 0.481 e. The fourth-order valence-electron chi connectivity index (χ4n) is 3.28. The number of nitrogens with zero attached hydrogens (tertiary/aromatic N) is 1. The minimum absolute atomic E-state index is 0.0567. The van der Waals surface area contributed by atoms with Gasteiger partial charge in [0.25, 0.3) is 0 Å². The van der Waals surface area contributed by atoms with Crippen molar-refractivity contribution in [3.8, 4) is 0 Å². The summed E-state index contributed by atoms with van der Waals surface area (Å²) in [6.07, 6.45) is 3.72. The fraction of sp³-hybridized carbons (Fsp3) is 0.875. The van der Waals surface area contributed by atoms with Gasteiger partial charge in [-0.3, -0.25) is 9.59 Å². The third kappa shape index (κ3) is 4.89. The first kappa shape index (κ1) is 18.2. The van der Waals surface area contributed by atoms with Crippen LogP contribution in [0.3, 0.4) is 0 Å². The number of hydrogen-bond donors (Lipinski definition) is 1. The molecule has 2 unspecified atom stereocenters. The molecule has 0 aromatic rings. The molecule has 7 heteroatoms. The third-order valence-corrected chi connectivity index (χ3v) is 4.59. The fourth-order valence-corrected chi connectivity index (χ4v) is 3.28. The zero-order chi connectivity index (χ0) is 16.7. The third-order valence-electron chi connectivity index (χ3n) is 4.59. The van der Waals surface area contributed by atoms with Crippen LogP contribution in [0.4, 0.5) is 0 Å². The Bertz CT molecular complexity index is 405. The number of amides is 1. The molecule has 2 heterocycles. The van der Waals surface area contributed by atoms with Gasteiger partial charge in [0, 0.05) is 26.8 Å². The molecule has 1 N–H and O–H groups in total. The highest BCUT2D eigenvalue weighted by Gasteiger charge is 2.43. The molecule has 0 bridgehead atoms. The van der Waals surface area contributed by atoms with E-state index in [0.29, 0.717) is 32.6 Å². The van der Waals surface area contributed by atoms with Gasteiger partial charge in [0.2, 0.25) is 5.91 Å². The van der Waals surface area contributed by atoms with Gasteiger partial charge in [-0.15, -0.1) is 0 Å². The lowest BCUT2D eigenvalue weighted by molar-refractivity contribution is -0.159. The van der Waals surface area contributed by atoms with Crippen LogP contribution >= 0.6 is 0 Å². The van der Waals surface area contributed by atoms with E-state index in [1.807, 2.05) is 0 Å². The van der Waals surface area contributed by atoms with Crippen LogP contribution in [0.25, 0.3) is 0 Å². The van der Waals surface area contributed by atoms with Crippen LogP contribution < -0.4 is 0 Å². The normalized spacial score (nSPS) is 28.0. The highest BCUT2D eigenvalue weighted by atomic mass is 16.5. The van der Waals surface area contributed by atoms with Crippen LogP contribution in [0.15, 0.2) is 0 Å². The molecule has 0 spiro atoms. The van der Waals surface area contributed by atoms with Crippen molar-refractivity contribution >= 4 is 11.9 Å². The Morgan fingerprint density at radius 1 is 1.39 bits per heavy atom. The maximum absolute atomic E-state index is 12.3. The summed E-state index contributed by atoms with van der Waals surface area (Å²) in [5, 5.41) is 9.50. The Morgan fingerprint density at radius 2 is 2.22 bits per heavy atom. The van der Waals surface area contributed by atoms with Gasteiger partial charge in [0.15, 0.2) is 0 Å². The molecule has 132 valence electrons. The molecule has 23 heavy (non-hydrogen) atoms. The second-order valence-corrected chi connectivity index (χ2v) is 6.40. The van der Waals surface area contributed by atoms with Crippen LogP contribution in [0.5, 0.6) is 0 Å². The van der Waals surface area contributed by atoms with Crippen LogP contribution in [0.2, 0.25) is 0 Å². The molecule has 2 fully saturated rings. The van der Waals surface area contributed by atoms with E-state index >= 15 is 0 Å². The van der Waals surface area contributed by atoms with Crippen molar-refractivity contribution in [1.29, 1.82) is 0 Å². The van der Waals surface area contributed by atoms with Crippen molar-refractivity contribution in [2.45, 2.75) is 38.2 Å². The van der Waals surface area contributed by atoms with Crippen LogP contribution in [0.1, 0.15) is 32.1 Å². The zero-order valence-corrected chi connectivity index (χ0v) is 13.8.